The summed E-state index contributed by atoms with van der Waals surface area (Å²) in [7, 11) is 0. The first-order valence-corrected chi connectivity index (χ1v) is 4.89. The fourth-order valence-electron chi connectivity index (χ4n) is 1.28. The van der Waals surface area contributed by atoms with Gasteiger partial charge in [0.25, 0.3) is 0 Å². The van der Waals surface area contributed by atoms with Crippen LogP contribution in [0.25, 0.3) is 0 Å². The average molecular weight is 191 g/mol. The number of aromatic hydroxyl groups is 1. The molecule has 0 spiro atoms. The molecule has 0 radical (unpaired) electrons. The summed E-state index contributed by atoms with van der Waals surface area (Å²) in [5.74, 6) is 0.300. The van der Waals surface area contributed by atoms with E-state index >= 15 is 0 Å². The van der Waals surface area contributed by atoms with Gasteiger partial charge < -0.3 is 10.4 Å². The van der Waals surface area contributed by atoms with Gasteiger partial charge >= 0.3 is 0 Å². The maximum atomic E-state index is 9.09. The Morgan fingerprint density at radius 1 is 1.43 bits per heavy atom. The molecule has 0 amide bonds. The van der Waals surface area contributed by atoms with Crippen molar-refractivity contribution in [2.45, 2.75) is 25.8 Å². The van der Waals surface area contributed by atoms with Crippen molar-refractivity contribution in [3.8, 4) is 5.75 Å². The van der Waals surface area contributed by atoms with Crippen molar-refractivity contribution in [1.29, 1.82) is 0 Å². The highest BCUT2D eigenvalue weighted by atomic mass is 16.3. The van der Waals surface area contributed by atoms with Gasteiger partial charge in [-0.05, 0) is 44.0 Å². The molecule has 1 aromatic carbocycles. The molecular formula is C12H17NO. The lowest BCUT2D eigenvalue weighted by Crippen LogP contribution is -2.14. The Morgan fingerprint density at radius 3 is 2.64 bits per heavy atom. The second-order valence-electron chi connectivity index (χ2n) is 3.46. The van der Waals surface area contributed by atoms with Crippen molar-refractivity contribution in [3.63, 3.8) is 0 Å². The summed E-state index contributed by atoms with van der Waals surface area (Å²) in [6.07, 6.45) is 4.02. The molecule has 1 rings (SSSR count). The Kier molecular flexibility index (Phi) is 4.05. The zero-order chi connectivity index (χ0) is 10.4. The third-order valence-electron chi connectivity index (χ3n) is 2.08. The SMILES string of the molecule is C=CCCC(C)Nc1ccc(O)cc1. The summed E-state index contributed by atoms with van der Waals surface area (Å²) in [6, 6.07) is 7.54. The molecule has 2 nitrogen and oxygen atoms in total. The van der Waals surface area contributed by atoms with E-state index in [4.69, 9.17) is 5.11 Å². The van der Waals surface area contributed by atoms with Gasteiger partial charge in [-0.2, -0.15) is 0 Å². The summed E-state index contributed by atoms with van der Waals surface area (Å²) < 4.78 is 0. The molecule has 76 valence electrons. The van der Waals surface area contributed by atoms with Crippen LogP contribution < -0.4 is 5.32 Å². The molecule has 14 heavy (non-hydrogen) atoms. The number of hydrogen-bond acceptors (Lipinski definition) is 2. The lowest BCUT2D eigenvalue weighted by Gasteiger charge is -2.14. The van der Waals surface area contributed by atoms with Crippen molar-refractivity contribution in [1.82, 2.24) is 0 Å². The van der Waals surface area contributed by atoms with Crippen LogP contribution in [0.3, 0.4) is 0 Å². The molecule has 1 atom stereocenters. The van der Waals surface area contributed by atoms with Crippen molar-refractivity contribution in [2.75, 3.05) is 5.32 Å². The summed E-state index contributed by atoms with van der Waals surface area (Å²) >= 11 is 0. The third kappa shape index (κ3) is 3.52. The second kappa shape index (κ2) is 5.32. The van der Waals surface area contributed by atoms with Crippen LogP contribution in [-0.2, 0) is 0 Å². The van der Waals surface area contributed by atoms with Gasteiger partial charge in [-0.3, -0.25) is 0 Å². The lowest BCUT2D eigenvalue weighted by atomic mass is 10.1. The minimum absolute atomic E-state index is 0.300. The highest BCUT2D eigenvalue weighted by Gasteiger charge is 1.99. The van der Waals surface area contributed by atoms with Gasteiger partial charge in [-0.25, -0.2) is 0 Å². The molecule has 0 aromatic heterocycles. The van der Waals surface area contributed by atoms with Gasteiger partial charge in [0.2, 0.25) is 0 Å². The predicted octanol–water partition coefficient (Wildman–Crippen LogP) is 3.16. The highest BCUT2D eigenvalue weighted by Crippen LogP contribution is 2.15. The Morgan fingerprint density at radius 2 is 2.07 bits per heavy atom. The number of rotatable bonds is 5. The third-order valence-corrected chi connectivity index (χ3v) is 2.08. The number of allylic oxidation sites excluding steroid dienone is 1. The fraction of sp³-hybridized carbons (Fsp3) is 0.333. The monoisotopic (exact) mass is 191 g/mol. The average Bonchev–Trinajstić information content (AvgIpc) is 2.18. The van der Waals surface area contributed by atoms with Crippen LogP contribution in [0.1, 0.15) is 19.8 Å². The number of phenols is 1. The van der Waals surface area contributed by atoms with E-state index in [9.17, 15) is 0 Å². The van der Waals surface area contributed by atoms with Crippen molar-refractivity contribution in [3.05, 3.63) is 36.9 Å². The van der Waals surface area contributed by atoms with Crippen molar-refractivity contribution >= 4 is 5.69 Å². The molecular weight excluding hydrogens is 174 g/mol. The van der Waals surface area contributed by atoms with Crippen LogP contribution in [0.4, 0.5) is 5.69 Å². The molecule has 1 unspecified atom stereocenters. The lowest BCUT2D eigenvalue weighted by molar-refractivity contribution is 0.475. The van der Waals surface area contributed by atoms with E-state index < -0.39 is 0 Å². The van der Waals surface area contributed by atoms with Gasteiger partial charge in [0.1, 0.15) is 5.75 Å². The van der Waals surface area contributed by atoms with Gasteiger partial charge in [0, 0.05) is 11.7 Å². The molecule has 0 saturated carbocycles. The van der Waals surface area contributed by atoms with Crippen molar-refractivity contribution < 1.29 is 5.11 Å². The van der Waals surface area contributed by atoms with Gasteiger partial charge in [0.15, 0.2) is 0 Å². The molecule has 0 heterocycles. The fourth-order valence-corrected chi connectivity index (χ4v) is 1.28. The van der Waals surface area contributed by atoms with Crippen LogP contribution in [0, 0.1) is 0 Å². The van der Waals surface area contributed by atoms with Crippen LogP contribution in [0.5, 0.6) is 5.75 Å². The van der Waals surface area contributed by atoms with Gasteiger partial charge in [-0.1, -0.05) is 6.08 Å². The molecule has 0 saturated heterocycles. The first kappa shape index (κ1) is 10.6. The quantitative estimate of drug-likeness (QED) is 0.553. The standard InChI is InChI=1S/C12H17NO/c1-3-4-5-10(2)13-11-6-8-12(14)9-7-11/h3,6-10,13-14H,1,4-5H2,2H3. The first-order chi connectivity index (χ1) is 6.72. The number of phenolic OH excluding ortho intramolecular Hbond substituents is 1. The summed E-state index contributed by atoms with van der Waals surface area (Å²) in [5.41, 5.74) is 1.04. The Labute approximate surface area is 85.3 Å². The maximum Gasteiger partial charge on any atom is 0.115 e. The Bertz CT molecular complexity index is 279. The van der Waals surface area contributed by atoms with Gasteiger partial charge in [-0.15, -0.1) is 6.58 Å². The van der Waals surface area contributed by atoms with Gasteiger partial charge in [0.05, 0.1) is 0 Å². The number of benzene rings is 1. The summed E-state index contributed by atoms with van der Waals surface area (Å²) in [5, 5.41) is 12.4. The highest BCUT2D eigenvalue weighted by molar-refractivity contribution is 5.46. The van der Waals surface area contributed by atoms with Crippen LogP contribution in [0.15, 0.2) is 36.9 Å². The molecule has 0 aliphatic rings. The zero-order valence-corrected chi connectivity index (χ0v) is 8.53. The molecule has 2 N–H and O–H groups in total. The summed E-state index contributed by atoms with van der Waals surface area (Å²) in [4.78, 5) is 0. The Hall–Kier alpha value is -1.44. The van der Waals surface area contributed by atoms with E-state index in [1.54, 1.807) is 12.1 Å². The van der Waals surface area contributed by atoms with E-state index in [1.165, 1.54) is 0 Å². The number of nitrogens with one attached hydrogen (secondary N) is 1. The molecule has 2 heteroatoms. The van der Waals surface area contributed by atoms with Crippen LogP contribution in [0.2, 0.25) is 0 Å². The summed E-state index contributed by atoms with van der Waals surface area (Å²) in [6.45, 7) is 5.83. The van der Waals surface area contributed by atoms with E-state index in [0.717, 1.165) is 18.5 Å². The predicted molar refractivity (Wildman–Crippen MR) is 60.6 cm³/mol. The molecule has 0 aliphatic carbocycles. The van der Waals surface area contributed by atoms with E-state index in [2.05, 4.69) is 18.8 Å². The van der Waals surface area contributed by atoms with E-state index in [-0.39, 0.29) is 0 Å². The molecule has 0 bridgehead atoms. The van der Waals surface area contributed by atoms with Crippen LogP contribution in [-0.4, -0.2) is 11.1 Å². The molecule has 0 fully saturated rings. The molecule has 1 aromatic rings. The topological polar surface area (TPSA) is 32.3 Å². The molecule has 0 aliphatic heterocycles. The second-order valence-corrected chi connectivity index (χ2v) is 3.46. The normalized spacial score (nSPS) is 12.1. The minimum Gasteiger partial charge on any atom is -0.508 e. The number of hydrogen-bond donors (Lipinski definition) is 2. The van der Waals surface area contributed by atoms with E-state index in [0.29, 0.717) is 11.8 Å². The van der Waals surface area contributed by atoms with Crippen molar-refractivity contribution in [2.24, 2.45) is 0 Å². The Balaban J connectivity index is 2.43. The van der Waals surface area contributed by atoms with Crippen LogP contribution >= 0.6 is 0 Å². The van der Waals surface area contributed by atoms with E-state index in [1.807, 2.05) is 18.2 Å². The zero-order valence-electron chi connectivity index (χ0n) is 8.53. The smallest absolute Gasteiger partial charge is 0.115 e. The maximum absolute atomic E-state index is 9.09. The number of anilines is 1. The minimum atomic E-state index is 0.300. The first-order valence-electron chi connectivity index (χ1n) is 4.89. The largest absolute Gasteiger partial charge is 0.508 e.